The smallest absolute Gasteiger partial charge is 0.347 e. The quantitative estimate of drug-likeness (QED) is 0.414. The maximum Gasteiger partial charge on any atom is 0.347 e. The van der Waals surface area contributed by atoms with Crippen LogP contribution >= 0.6 is 0 Å². The predicted molar refractivity (Wildman–Crippen MR) is 72.9 cm³/mol. The molecule has 1 aromatic carbocycles. The summed E-state index contributed by atoms with van der Waals surface area (Å²) >= 11 is 0. The van der Waals surface area contributed by atoms with Crippen LogP contribution in [0.1, 0.15) is 12.0 Å². The maximum absolute atomic E-state index is 11.5. The third kappa shape index (κ3) is 5.63. The molecule has 22 heavy (non-hydrogen) atoms. The van der Waals surface area contributed by atoms with E-state index in [9.17, 15) is 19.5 Å². The molecule has 0 aliphatic heterocycles. The number of aliphatic hydroxyl groups excluding tert-OH is 1. The molecule has 0 fully saturated rings. The first-order valence-corrected chi connectivity index (χ1v) is 6.10. The van der Waals surface area contributed by atoms with Crippen LogP contribution in [0.5, 0.6) is 5.75 Å². The fourth-order valence-corrected chi connectivity index (χ4v) is 1.49. The largest absolute Gasteiger partial charge is 0.508 e. The Hall–Kier alpha value is -2.87. The Morgan fingerprint density at radius 2 is 1.73 bits per heavy atom. The number of phenols is 1. The highest BCUT2D eigenvalue weighted by atomic mass is 16.6. The van der Waals surface area contributed by atoms with Gasteiger partial charge >= 0.3 is 17.9 Å². The molecule has 0 aromatic heterocycles. The normalized spacial score (nSPS) is 13.5. The number of rotatable bonds is 7. The van der Waals surface area contributed by atoms with E-state index in [0.29, 0.717) is 5.56 Å². The number of benzene rings is 1. The Balaban J connectivity index is 2.69. The van der Waals surface area contributed by atoms with E-state index in [4.69, 9.17) is 15.3 Å². The molecular weight excluding hydrogens is 296 g/mol. The molecule has 118 valence electrons. The molecule has 4 N–H and O–H groups in total. The molecule has 2 unspecified atom stereocenters. The molecule has 0 spiro atoms. The van der Waals surface area contributed by atoms with E-state index in [2.05, 4.69) is 4.74 Å². The Labute approximate surface area is 124 Å². The summed E-state index contributed by atoms with van der Waals surface area (Å²) in [5.74, 6) is -4.08. The van der Waals surface area contributed by atoms with Crippen molar-refractivity contribution in [3.8, 4) is 5.75 Å². The summed E-state index contributed by atoms with van der Waals surface area (Å²) in [5, 5.41) is 35.8. The van der Waals surface area contributed by atoms with Crippen LogP contribution < -0.4 is 0 Å². The SMILES string of the molecule is O=C(O)CC(O)C(OC(=O)C=Cc1ccc(O)cc1)C(=O)O. The zero-order valence-electron chi connectivity index (χ0n) is 11.2. The highest BCUT2D eigenvalue weighted by molar-refractivity contribution is 5.89. The third-order valence-corrected chi connectivity index (χ3v) is 2.52. The van der Waals surface area contributed by atoms with E-state index in [1.54, 1.807) is 0 Å². The van der Waals surface area contributed by atoms with E-state index in [0.717, 1.165) is 6.08 Å². The topological polar surface area (TPSA) is 141 Å². The van der Waals surface area contributed by atoms with Crippen molar-refractivity contribution in [3.05, 3.63) is 35.9 Å². The average molecular weight is 310 g/mol. The lowest BCUT2D eigenvalue weighted by Gasteiger charge is -2.17. The van der Waals surface area contributed by atoms with Crippen molar-refractivity contribution in [2.75, 3.05) is 0 Å². The summed E-state index contributed by atoms with van der Waals surface area (Å²) in [5.41, 5.74) is 0.549. The molecule has 0 heterocycles. The number of carbonyl (C=O) groups is 3. The zero-order chi connectivity index (χ0) is 16.7. The molecular formula is C14H14O8. The number of ether oxygens (including phenoxy) is 1. The molecule has 1 aromatic rings. The molecule has 0 amide bonds. The number of carboxylic acids is 2. The summed E-state index contributed by atoms with van der Waals surface area (Å²) in [6.45, 7) is 0. The number of aliphatic hydroxyl groups is 1. The number of esters is 1. The van der Waals surface area contributed by atoms with E-state index in [-0.39, 0.29) is 5.75 Å². The van der Waals surface area contributed by atoms with Crippen molar-refractivity contribution in [1.29, 1.82) is 0 Å². The number of carboxylic acid groups (broad SMARTS) is 2. The molecule has 0 radical (unpaired) electrons. The van der Waals surface area contributed by atoms with Gasteiger partial charge in [0.15, 0.2) is 0 Å². The number of hydrogen-bond donors (Lipinski definition) is 4. The fourth-order valence-electron chi connectivity index (χ4n) is 1.49. The molecule has 0 saturated heterocycles. The van der Waals surface area contributed by atoms with Crippen molar-refractivity contribution < 1.29 is 39.5 Å². The van der Waals surface area contributed by atoms with Crippen LogP contribution in [0, 0.1) is 0 Å². The second-order valence-corrected chi connectivity index (χ2v) is 4.29. The van der Waals surface area contributed by atoms with Crippen molar-refractivity contribution in [2.24, 2.45) is 0 Å². The highest BCUT2D eigenvalue weighted by Crippen LogP contribution is 2.11. The van der Waals surface area contributed by atoms with Gasteiger partial charge in [0, 0.05) is 6.08 Å². The summed E-state index contributed by atoms with van der Waals surface area (Å²) in [7, 11) is 0. The second kappa shape index (κ2) is 7.79. The molecule has 0 aliphatic carbocycles. The van der Waals surface area contributed by atoms with Gasteiger partial charge in [0.05, 0.1) is 6.42 Å². The number of aromatic hydroxyl groups is 1. The van der Waals surface area contributed by atoms with Crippen molar-refractivity contribution >= 4 is 24.0 Å². The monoisotopic (exact) mass is 310 g/mol. The van der Waals surface area contributed by atoms with Gasteiger partial charge in [0.25, 0.3) is 0 Å². The van der Waals surface area contributed by atoms with Gasteiger partial charge in [-0.05, 0) is 23.8 Å². The molecule has 2 atom stereocenters. The van der Waals surface area contributed by atoms with Gasteiger partial charge in [-0.25, -0.2) is 9.59 Å². The Morgan fingerprint density at radius 3 is 2.23 bits per heavy atom. The lowest BCUT2D eigenvalue weighted by Crippen LogP contribution is -2.39. The van der Waals surface area contributed by atoms with Crippen LogP contribution in [0.2, 0.25) is 0 Å². The fraction of sp³-hybridized carbons (Fsp3) is 0.214. The van der Waals surface area contributed by atoms with Crippen molar-refractivity contribution in [3.63, 3.8) is 0 Å². The van der Waals surface area contributed by atoms with Gasteiger partial charge in [0.1, 0.15) is 11.9 Å². The second-order valence-electron chi connectivity index (χ2n) is 4.29. The van der Waals surface area contributed by atoms with E-state index in [1.807, 2.05) is 0 Å². The molecule has 0 bridgehead atoms. The zero-order valence-corrected chi connectivity index (χ0v) is 11.2. The predicted octanol–water partition coefficient (Wildman–Crippen LogP) is 0.237. The van der Waals surface area contributed by atoms with Crippen LogP contribution in [0.4, 0.5) is 0 Å². The number of carbonyl (C=O) groups excluding carboxylic acids is 1. The standard InChI is InChI=1S/C14H14O8/c15-9-4-1-8(2-5-9)3-6-12(19)22-13(14(20)21)10(16)7-11(17)18/h1-6,10,13,15-16H,7H2,(H,17,18)(H,20,21). The summed E-state index contributed by atoms with van der Waals surface area (Å²) in [6, 6.07) is 5.80. The van der Waals surface area contributed by atoms with Crippen LogP contribution in [-0.4, -0.2) is 50.5 Å². The van der Waals surface area contributed by atoms with Gasteiger partial charge in [-0.15, -0.1) is 0 Å². The van der Waals surface area contributed by atoms with Gasteiger partial charge < -0.3 is 25.2 Å². The summed E-state index contributed by atoms with van der Waals surface area (Å²) in [4.78, 5) is 32.8. The minimum atomic E-state index is -1.98. The minimum absolute atomic E-state index is 0.0439. The maximum atomic E-state index is 11.5. The van der Waals surface area contributed by atoms with Crippen molar-refractivity contribution in [1.82, 2.24) is 0 Å². The molecule has 0 saturated carbocycles. The molecule has 1 rings (SSSR count). The Kier molecular flexibility index (Phi) is 6.09. The molecule has 0 aliphatic rings. The lowest BCUT2D eigenvalue weighted by atomic mass is 10.1. The van der Waals surface area contributed by atoms with Gasteiger partial charge in [-0.2, -0.15) is 0 Å². The van der Waals surface area contributed by atoms with Crippen molar-refractivity contribution in [2.45, 2.75) is 18.6 Å². The number of aliphatic carboxylic acids is 2. The van der Waals surface area contributed by atoms with Crippen LogP contribution in [0.25, 0.3) is 6.08 Å². The van der Waals surface area contributed by atoms with E-state index < -0.39 is 36.5 Å². The Bertz CT molecular complexity index is 575. The third-order valence-electron chi connectivity index (χ3n) is 2.52. The first kappa shape index (κ1) is 17.2. The van der Waals surface area contributed by atoms with Gasteiger partial charge in [0.2, 0.25) is 6.10 Å². The summed E-state index contributed by atoms with van der Waals surface area (Å²) in [6.07, 6.45) is -2.47. The first-order valence-electron chi connectivity index (χ1n) is 6.10. The number of hydrogen-bond acceptors (Lipinski definition) is 6. The Morgan fingerprint density at radius 1 is 1.14 bits per heavy atom. The number of phenolic OH excluding ortho intramolecular Hbond substituents is 1. The summed E-state index contributed by atoms with van der Waals surface area (Å²) < 4.78 is 4.53. The molecule has 8 heteroatoms. The van der Waals surface area contributed by atoms with Crippen LogP contribution in [0.15, 0.2) is 30.3 Å². The van der Waals surface area contributed by atoms with E-state index in [1.165, 1.54) is 30.3 Å². The minimum Gasteiger partial charge on any atom is -0.508 e. The lowest BCUT2D eigenvalue weighted by molar-refractivity contribution is -0.170. The molecule has 8 nitrogen and oxygen atoms in total. The first-order chi connectivity index (χ1) is 10.3. The average Bonchev–Trinajstić information content (AvgIpc) is 2.43. The van der Waals surface area contributed by atoms with Crippen LogP contribution in [-0.2, 0) is 19.1 Å². The van der Waals surface area contributed by atoms with Gasteiger partial charge in [-0.3, -0.25) is 4.79 Å². The van der Waals surface area contributed by atoms with E-state index >= 15 is 0 Å². The highest BCUT2D eigenvalue weighted by Gasteiger charge is 2.31. The van der Waals surface area contributed by atoms with Crippen LogP contribution in [0.3, 0.4) is 0 Å². The van der Waals surface area contributed by atoms with Gasteiger partial charge in [-0.1, -0.05) is 12.1 Å².